The monoisotopic (exact) mass is 510 g/mol. The molecular weight excluding hydrogens is 472 g/mol. The smallest absolute Gasteiger partial charge is 0.300 e. The highest BCUT2D eigenvalue weighted by Crippen LogP contribution is 2.43. The van der Waals surface area contributed by atoms with E-state index in [0.717, 1.165) is 27.9 Å². The Morgan fingerprint density at radius 2 is 1.53 bits per heavy atom. The predicted octanol–water partition coefficient (Wildman–Crippen LogP) is 7.11. The van der Waals surface area contributed by atoms with Crippen molar-refractivity contribution < 1.29 is 14.7 Å². The van der Waals surface area contributed by atoms with Gasteiger partial charge in [-0.1, -0.05) is 71.0 Å². The zero-order valence-corrected chi connectivity index (χ0v) is 23.7. The van der Waals surface area contributed by atoms with Gasteiger partial charge in [-0.25, -0.2) is 0 Å². The number of aliphatic hydroxyl groups excluding tert-OH is 1. The number of hydrogen-bond acceptors (Lipinski definition) is 4. The molecule has 38 heavy (non-hydrogen) atoms. The number of carbonyl (C=O) groups is 2. The molecule has 1 N–H and O–H groups in total. The Labute approximate surface area is 226 Å². The van der Waals surface area contributed by atoms with Crippen LogP contribution in [0.1, 0.15) is 74.4 Å². The Bertz CT molecular complexity index is 1390. The molecule has 0 aliphatic carbocycles. The SMILES string of the molecule is Cc1ccc(C(C)(C)C)cc1/C(O)=C1\C(=O)C(=O)N(c2ccc(N(C)C)cc2)C1c1ccc(C(C)C)cc1. The minimum absolute atomic E-state index is 0.109. The molecule has 198 valence electrons. The van der Waals surface area contributed by atoms with Crippen LogP contribution in [0.5, 0.6) is 0 Å². The molecule has 1 unspecified atom stereocenters. The molecule has 5 heteroatoms. The number of rotatable bonds is 5. The normalized spacial score (nSPS) is 17.4. The number of benzene rings is 3. The summed E-state index contributed by atoms with van der Waals surface area (Å²) in [5, 5.41) is 11.7. The van der Waals surface area contributed by atoms with Crippen LogP contribution in [0.3, 0.4) is 0 Å². The van der Waals surface area contributed by atoms with E-state index >= 15 is 0 Å². The minimum atomic E-state index is -0.751. The lowest BCUT2D eigenvalue weighted by molar-refractivity contribution is -0.132. The van der Waals surface area contributed by atoms with E-state index in [1.807, 2.05) is 92.6 Å². The zero-order chi connectivity index (χ0) is 27.9. The van der Waals surface area contributed by atoms with E-state index in [9.17, 15) is 14.7 Å². The summed E-state index contributed by atoms with van der Waals surface area (Å²) in [5.74, 6) is -1.13. The van der Waals surface area contributed by atoms with Crippen molar-refractivity contribution in [2.75, 3.05) is 23.9 Å². The maximum absolute atomic E-state index is 13.6. The molecule has 0 bridgehead atoms. The highest BCUT2D eigenvalue weighted by atomic mass is 16.3. The van der Waals surface area contributed by atoms with Crippen LogP contribution in [0, 0.1) is 6.92 Å². The van der Waals surface area contributed by atoms with Crippen molar-refractivity contribution in [3.63, 3.8) is 0 Å². The summed E-state index contributed by atoms with van der Waals surface area (Å²) < 4.78 is 0. The second-order valence-corrected chi connectivity index (χ2v) is 11.7. The van der Waals surface area contributed by atoms with Gasteiger partial charge in [-0.15, -0.1) is 0 Å². The van der Waals surface area contributed by atoms with Crippen LogP contribution in [0.4, 0.5) is 11.4 Å². The highest BCUT2D eigenvalue weighted by molar-refractivity contribution is 6.51. The molecule has 1 saturated heterocycles. The molecule has 1 aliphatic heterocycles. The van der Waals surface area contributed by atoms with Gasteiger partial charge in [0, 0.05) is 31.0 Å². The number of anilines is 2. The van der Waals surface area contributed by atoms with E-state index in [2.05, 4.69) is 34.6 Å². The van der Waals surface area contributed by atoms with Gasteiger partial charge in [0.2, 0.25) is 0 Å². The summed E-state index contributed by atoms with van der Waals surface area (Å²) >= 11 is 0. The van der Waals surface area contributed by atoms with Crippen LogP contribution in [-0.4, -0.2) is 30.9 Å². The van der Waals surface area contributed by atoms with Crippen molar-refractivity contribution >= 4 is 28.8 Å². The third-order valence-electron chi connectivity index (χ3n) is 7.37. The summed E-state index contributed by atoms with van der Waals surface area (Å²) in [5.41, 5.74) is 5.94. The Hall–Kier alpha value is -3.86. The molecule has 0 saturated carbocycles. The van der Waals surface area contributed by atoms with Crippen molar-refractivity contribution in [3.8, 4) is 0 Å². The third-order valence-corrected chi connectivity index (χ3v) is 7.37. The molecule has 4 rings (SSSR count). The fraction of sp³-hybridized carbons (Fsp3) is 0.333. The first-order valence-corrected chi connectivity index (χ1v) is 13.1. The number of amides is 1. The first-order chi connectivity index (χ1) is 17.8. The fourth-order valence-electron chi connectivity index (χ4n) is 4.88. The van der Waals surface area contributed by atoms with Gasteiger partial charge < -0.3 is 10.0 Å². The van der Waals surface area contributed by atoms with Crippen molar-refractivity contribution in [3.05, 3.63) is 100 Å². The topological polar surface area (TPSA) is 60.9 Å². The first-order valence-electron chi connectivity index (χ1n) is 13.1. The highest BCUT2D eigenvalue weighted by Gasteiger charge is 2.47. The first kappa shape index (κ1) is 27.2. The number of carbonyl (C=O) groups excluding carboxylic acids is 2. The van der Waals surface area contributed by atoms with Gasteiger partial charge in [-0.05, 0) is 70.8 Å². The second kappa shape index (κ2) is 10.1. The van der Waals surface area contributed by atoms with E-state index in [1.54, 1.807) is 0 Å². The van der Waals surface area contributed by atoms with Gasteiger partial charge in [0.1, 0.15) is 5.76 Å². The number of ketones is 1. The van der Waals surface area contributed by atoms with Gasteiger partial charge in [-0.3, -0.25) is 14.5 Å². The number of aryl methyl sites for hydroxylation is 1. The molecule has 0 aromatic heterocycles. The zero-order valence-electron chi connectivity index (χ0n) is 23.7. The lowest BCUT2D eigenvalue weighted by Gasteiger charge is -2.27. The number of aliphatic hydroxyl groups is 1. The summed E-state index contributed by atoms with van der Waals surface area (Å²) in [6, 6.07) is 20.7. The van der Waals surface area contributed by atoms with E-state index in [1.165, 1.54) is 4.90 Å². The van der Waals surface area contributed by atoms with E-state index < -0.39 is 17.7 Å². The van der Waals surface area contributed by atoms with Gasteiger partial charge >= 0.3 is 0 Å². The second-order valence-electron chi connectivity index (χ2n) is 11.7. The van der Waals surface area contributed by atoms with Crippen LogP contribution in [-0.2, 0) is 15.0 Å². The summed E-state index contributed by atoms with van der Waals surface area (Å²) in [4.78, 5) is 30.7. The van der Waals surface area contributed by atoms with Gasteiger partial charge in [0.25, 0.3) is 11.7 Å². The molecule has 1 aliphatic rings. The van der Waals surface area contributed by atoms with Crippen molar-refractivity contribution in [2.24, 2.45) is 0 Å². The van der Waals surface area contributed by atoms with Crippen LogP contribution in [0.25, 0.3) is 5.76 Å². The summed E-state index contributed by atoms with van der Waals surface area (Å²) in [7, 11) is 3.90. The van der Waals surface area contributed by atoms with Crippen LogP contribution in [0.2, 0.25) is 0 Å². The van der Waals surface area contributed by atoms with Crippen molar-refractivity contribution in [1.82, 2.24) is 0 Å². The van der Waals surface area contributed by atoms with Crippen LogP contribution < -0.4 is 9.80 Å². The summed E-state index contributed by atoms with van der Waals surface area (Å²) in [6.45, 7) is 12.5. The molecule has 1 amide bonds. The Kier molecular flexibility index (Phi) is 7.24. The standard InChI is InChI=1S/C33H38N2O3/c1-20(2)22-10-12-23(13-11-22)29-28(30(36)27-19-24(33(4,5)6)14-9-21(27)3)31(37)32(38)35(29)26-17-15-25(16-18-26)34(7)8/h9-20,29,36H,1-8H3/b30-28+. The average molecular weight is 511 g/mol. The molecule has 3 aromatic carbocycles. The molecule has 0 spiro atoms. The Morgan fingerprint density at radius 3 is 2.05 bits per heavy atom. The van der Waals surface area contributed by atoms with E-state index in [0.29, 0.717) is 17.2 Å². The van der Waals surface area contributed by atoms with Gasteiger partial charge in [-0.2, -0.15) is 0 Å². The molecule has 1 fully saturated rings. The predicted molar refractivity (Wildman–Crippen MR) is 156 cm³/mol. The van der Waals surface area contributed by atoms with Crippen LogP contribution >= 0.6 is 0 Å². The molecule has 5 nitrogen and oxygen atoms in total. The summed E-state index contributed by atoms with van der Waals surface area (Å²) in [6.07, 6.45) is 0. The number of Topliss-reactive ketones (excluding diaryl/α,β-unsaturated/α-hetero) is 1. The van der Waals surface area contributed by atoms with E-state index in [-0.39, 0.29) is 16.7 Å². The third kappa shape index (κ3) is 4.98. The average Bonchev–Trinajstić information content (AvgIpc) is 3.13. The molecular formula is C33H38N2O3. The molecule has 1 heterocycles. The van der Waals surface area contributed by atoms with Gasteiger partial charge in [0.05, 0.1) is 11.6 Å². The molecule has 0 radical (unpaired) electrons. The van der Waals surface area contributed by atoms with E-state index in [4.69, 9.17) is 0 Å². The quantitative estimate of drug-likeness (QED) is 0.226. The van der Waals surface area contributed by atoms with Gasteiger partial charge in [0.15, 0.2) is 0 Å². The lowest BCUT2D eigenvalue weighted by atomic mass is 9.84. The lowest BCUT2D eigenvalue weighted by Crippen LogP contribution is -2.29. The molecule has 3 aromatic rings. The van der Waals surface area contributed by atoms with Crippen molar-refractivity contribution in [1.29, 1.82) is 0 Å². The van der Waals surface area contributed by atoms with Crippen molar-refractivity contribution in [2.45, 2.75) is 58.9 Å². The Morgan fingerprint density at radius 1 is 0.921 bits per heavy atom. The Balaban J connectivity index is 1.95. The fourth-order valence-corrected chi connectivity index (χ4v) is 4.88. The number of hydrogen-bond donors (Lipinski definition) is 1. The minimum Gasteiger partial charge on any atom is -0.507 e. The number of nitrogens with zero attached hydrogens (tertiary/aromatic N) is 2. The maximum atomic E-state index is 13.6. The van der Waals surface area contributed by atoms with Crippen LogP contribution in [0.15, 0.2) is 72.3 Å². The maximum Gasteiger partial charge on any atom is 0.300 e. The molecule has 1 atom stereocenters. The largest absolute Gasteiger partial charge is 0.507 e.